The van der Waals surface area contributed by atoms with E-state index in [9.17, 15) is 4.79 Å². The van der Waals surface area contributed by atoms with Gasteiger partial charge in [-0.1, -0.05) is 54.6 Å². The van der Waals surface area contributed by atoms with E-state index in [0.717, 1.165) is 33.6 Å². The zero-order chi connectivity index (χ0) is 18.4. The second-order valence-corrected chi connectivity index (χ2v) is 6.47. The van der Waals surface area contributed by atoms with Crippen LogP contribution in [-0.2, 0) is 0 Å². The first kappa shape index (κ1) is 15.5. The van der Waals surface area contributed by atoms with Gasteiger partial charge in [0, 0.05) is 17.3 Å². The van der Waals surface area contributed by atoms with Crippen LogP contribution in [0.3, 0.4) is 0 Å². The normalized spacial score (nSPS) is 12.0. The number of imidazole rings is 1. The molecule has 1 aliphatic carbocycles. The molecule has 0 aliphatic heterocycles. The monoisotopic (exact) mass is 352 g/mol. The van der Waals surface area contributed by atoms with Crippen molar-refractivity contribution in [2.24, 2.45) is 5.10 Å². The molecule has 0 radical (unpaired) electrons. The van der Waals surface area contributed by atoms with Crippen LogP contribution in [0.15, 0.2) is 78.0 Å². The van der Waals surface area contributed by atoms with Crippen LogP contribution < -0.4 is 5.43 Å². The van der Waals surface area contributed by atoms with Crippen molar-refractivity contribution in [1.29, 1.82) is 0 Å². The van der Waals surface area contributed by atoms with Gasteiger partial charge in [0.1, 0.15) is 11.3 Å². The molecular weight excluding hydrogens is 336 g/mol. The van der Waals surface area contributed by atoms with Gasteiger partial charge in [-0.15, -0.1) is 0 Å². The minimum absolute atomic E-state index is 0.277. The first-order valence-corrected chi connectivity index (χ1v) is 8.75. The topological polar surface area (TPSA) is 58.8 Å². The average molecular weight is 352 g/mol. The Kier molecular flexibility index (Phi) is 3.40. The van der Waals surface area contributed by atoms with Gasteiger partial charge in [-0.05, 0) is 30.2 Å². The summed E-state index contributed by atoms with van der Waals surface area (Å²) >= 11 is 0. The summed E-state index contributed by atoms with van der Waals surface area (Å²) in [5.41, 5.74) is 9.72. The van der Waals surface area contributed by atoms with Gasteiger partial charge in [0.25, 0.3) is 5.91 Å². The maximum Gasteiger partial charge on any atom is 0.290 e. The molecule has 0 saturated heterocycles. The second kappa shape index (κ2) is 5.92. The molecule has 5 nitrogen and oxygen atoms in total. The van der Waals surface area contributed by atoms with Crippen LogP contribution in [0.1, 0.15) is 27.3 Å². The highest BCUT2D eigenvalue weighted by Gasteiger charge is 2.24. The standard InChI is InChI=1S/C22H16N4O/c1-14-21(26-13-7-6-12-19(26)23-14)22(27)25-24-20-17-10-4-2-8-15(17)16-9-3-5-11-18(16)20/h2-13H,1H3,(H,25,27). The van der Waals surface area contributed by atoms with Crippen LogP contribution in [0.5, 0.6) is 0 Å². The molecule has 2 aromatic heterocycles. The second-order valence-electron chi connectivity index (χ2n) is 6.47. The average Bonchev–Trinajstić information content (AvgIpc) is 3.20. The van der Waals surface area contributed by atoms with Crippen molar-refractivity contribution >= 4 is 17.3 Å². The van der Waals surface area contributed by atoms with Crippen LogP contribution in [0, 0.1) is 6.92 Å². The van der Waals surface area contributed by atoms with E-state index in [1.807, 2.05) is 67.7 Å². The number of hydrogen-bond donors (Lipinski definition) is 1. The molecule has 0 fully saturated rings. The molecule has 2 aromatic carbocycles. The Hall–Kier alpha value is -3.73. The molecule has 4 aromatic rings. The van der Waals surface area contributed by atoms with E-state index < -0.39 is 0 Å². The Morgan fingerprint density at radius 1 is 0.889 bits per heavy atom. The number of benzene rings is 2. The van der Waals surface area contributed by atoms with Crippen molar-refractivity contribution in [2.45, 2.75) is 6.92 Å². The van der Waals surface area contributed by atoms with E-state index in [4.69, 9.17) is 0 Å². The minimum Gasteiger partial charge on any atom is -0.295 e. The summed E-state index contributed by atoms with van der Waals surface area (Å²) in [6.07, 6.45) is 1.83. The summed E-state index contributed by atoms with van der Waals surface area (Å²) in [5, 5.41) is 4.49. The quantitative estimate of drug-likeness (QED) is 0.491. The van der Waals surface area contributed by atoms with Crippen molar-refractivity contribution in [3.63, 3.8) is 0 Å². The van der Waals surface area contributed by atoms with E-state index >= 15 is 0 Å². The summed E-state index contributed by atoms with van der Waals surface area (Å²) in [7, 11) is 0. The summed E-state index contributed by atoms with van der Waals surface area (Å²) in [6, 6.07) is 21.8. The molecule has 1 N–H and O–H groups in total. The number of amides is 1. The highest BCUT2D eigenvalue weighted by Crippen LogP contribution is 2.36. The maximum absolute atomic E-state index is 12.8. The van der Waals surface area contributed by atoms with Crippen LogP contribution in [0.25, 0.3) is 16.8 Å². The Balaban J connectivity index is 1.56. The van der Waals surface area contributed by atoms with Gasteiger partial charge in [-0.2, -0.15) is 5.10 Å². The molecule has 5 rings (SSSR count). The molecule has 0 bridgehead atoms. The van der Waals surface area contributed by atoms with Gasteiger partial charge in [-0.25, -0.2) is 10.4 Å². The number of rotatable bonds is 2. The molecule has 2 heterocycles. The lowest BCUT2D eigenvalue weighted by molar-refractivity contribution is 0.0948. The van der Waals surface area contributed by atoms with Gasteiger partial charge in [0.2, 0.25) is 0 Å². The van der Waals surface area contributed by atoms with Gasteiger partial charge >= 0.3 is 0 Å². The zero-order valence-corrected chi connectivity index (χ0v) is 14.7. The fraction of sp³-hybridized carbons (Fsp3) is 0.0455. The highest BCUT2D eigenvalue weighted by molar-refractivity contribution is 6.24. The molecule has 0 spiro atoms. The lowest BCUT2D eigenvalue weighted by Crippen LogP contribution is -2.22. The molecule has 1 amide bonds. The summed E-state index contributed by atoms with van der Waals surface area (Å²) in [4.78, 5) is 17.3. The van der Waals surface area contributed by atoms with Crippen molar-refractivity contribution in [3.05, 3.63) is 95.4 Å². The fourth-order valence-electron chi connectivity index (χ4n) is 3.66. The van der Waals surface area contributed by atoms with Crippen LogP contribution >= 0.6 is 0 Å². The maximum atomic E-state index is 12.8. The fourth-order valence-corrected chi connectivity index (χ4v) is 3.66. The van der Waals surface area contributed by atoms with Crippen molar-refractivity contribution in [3.8, 4) is 11.1 Å². The van der Waals surface area contributed by atoms with Gasteiger partial charge in [0.15, 0.2) is 0 Å². The summed E-state index contributed by atoms with van der Waals surface area (Å²) in [6.45, 7) is 1.83. The van der Waals surface area contributed by atoms with Crippen molar-refractivity contribution < 1.29 is 4.79 Å². The third-order valence-electron chi connectivity index (χ3n) is 4.84. The number of nitrogens with one attached hydrogen (secondary N) is 1. The van der Waals surface area contributed by atoms with E-state index in [-0.39, 0.29) is 5.91 Å². The molecule has 1 aliphatic rings. The summed E-state index contributed by atoms with van der Waals surface area (Å²) in [5.74, 6) is -0.277. The van der Waals surface area contributed by atoms with E-state index in [0.29, 0.717) is 11.4 Å². The van der Waals surface area contributed by atoms with Crippen LogP contribution in [0.4, 0.5) is 0 Å². The number of aryl methyl sites for hydroxylation is 1. The number of hydrazone groups is 1. The Morgan fingerprint density at radius 2 is 1.48 bits per heavy atom. The van der Waals surface area contributed by atoms with Gasteiger partial charge in [-0.3, -0.25) is 9.20 Å². The molecule has 130 valence electrons. The van der Waals surface area contributed by atoms with Crippen LogP contribution in [0.2, 0.25) is 0 Å². The van der Waals surface area contributed by atoms with E-state index in [2.05, 4.69) is 27.6 Å². The number of aromatic nitrogens is 2. The minimum atomic E-state index is -0.277. The zero-order valence-electron chi connectivity index (χ0n) is 14.7. The molecule has 0 saturated carbocycles. The number of carbonyl (C=O) groups is 1. The smallest absolute Gasteiger partial charge is 0.290 e. The largest absolute Gasteiger partial charge is 0.295 e. The first-order chi connectivity index (χ1) is 13.2. The molecule has 0 atom stereocenters. The van der Waals surface area contributed by atoms with Gasteiger partial charge in [0.05, 0.1) is 11.4 Å². The van der Waals surface area contributed by atoms with Crippen LogP contribution in [-0.4, -0.2) is 21.0 Å². The highest BCUT2D eigenvalue weighted by atomic mass is 16.2. The van der Waals surface area contributed by atoms with Crippen molar-refractivity contribution in [1.82, 2.24) is 14.8 Å². The number of nitrogens with zero attached hydrogens (tertiary/aromatic N) is 3. The van der Waals surface area contributed by atoms with E-state index in [1.54, 1.807) is 4.40 Å². The number of carbonyl (C=O) groups excluding carboxylic acids is 1. The Labute approximate surface area is 156 Å². The third-order valence-corrected chi connectivity index (χ3v) is 4.84. The lowest BCUT2D eigenvalue weighted by Gasteiger charge is -2.04. The number of pyridine rings is 1. The molecule has 5 heteroatoms. The van der Waals surface area contributed by atoms with Gasteiger partial charge < -0.3 is 0 Å². The Morgan fingerprint density at radius 3 is 2.15 bits per heavy atom. The predicted molar refractivity (Wildman–Crippen MR) is 105 cm³/mol. The lowest BCUT2D eigenvalue weighted by atomic mass is 10.1. The number of hydrogen-bond acceptors (Lipinski definition) is 3. The van der Waals surface area contributed by atoms with E-state index in [1.165, 1.54) is 0 Å². The predicted octanol–water partition coefficient (Wildman–Crippen LogP) is 3.81. The Bertz CT molecular complexity index is 1190. The molecule has 27 heavy (non-hydrogen) atoms. The molecule has 0 unspecified atom stereocenters. The third kappa shape index (κ3) is 2.36. The molecular formula is C22H16N4O. The SMILES string of the molecule is Cc1nc2ccccn2c1C(=O)NN=C1c2ccccc2-c2ccccc21. The number of fused-ring (bicyclic) bond motifs is 4. The summed E-state index contributed by atoms with van der Waals surface area (Å²) < 4.78 is 1.78. The van der Waals surface area contributed by atoms with Crippen molar-refractivity contribution in [2.75, 3.05) is 0 Å². The first-order valence-electron chi connectivity index (χ1n) is 8.75.